The lowest BCUT2D eigenvalue weighted by atomic mass is 10.2. The number of non-ortho nitro benzene ring substituents is 1. The molecule has 0 bridgehead atoms. The van der Waals surface area contributed by atoms with Crippen molar-refractivity contribution in [2.75, 3.05) is 5.32 Å². The van der Waals surface area contributed by atoms with Crippen molar-refractivity contribution in [3.8, 4) is 0 Å². The number of hydrogen-bond acceptors (Lipinski definition) is 4. The number of hydrogen-bond donors (Lipinski definition) is 2. The molecule has 6 nitrogen and oxygen atoms in total. The summed E-state index contributed by atoms with van der Waals surface area (Å²) in [4.78, 5) is 17.7. The van der Waals surface area contributed by atoms with E-state index in [4.69, 9.17) is 0 Å². The van der Waals surface area contributed by atoms with Gasteiger partial charge in [0.05, 0.1) is 16.0 Å². The predicted molar refractivity (Wildman–Crippen MR) is 76.5 cm³/mol. The lowest BCUT2D eigenvalue weighted by Crippen LogP contribution is -2.00. The Hall–Kier alpha value is -2.89. The zero-order valence-electron chi connectivity index (χ0n) is 10.5. The number of anilines is 1. The molecule has 1 heterocycles. The van der Waals surface area contributed by atoms with Crippen LogP contribution in [0.15, 0.2) is 48.5 Å². The molecule has 20 heavy (non-hydrogen) atoms. The molecular formula is C14H12N4O2. The third kappa shape index (κ3) is 2.44. The van der Waals surface area contributed by atoms with Crippen LogP contribution >= 0.6 is 0 Å². The summed E-state index contributed by atoms with van der Waals surface area (Å²) in [6, 6.07) is 14.5. The van der Waals surface area contributed by atoms with Crippen LogP contribution in [0.2, 0.25) is 0 Å². The predicted octanol–water partition coefficient (Wildman–Crippen LogP) is 3.08. The number of nitro groups is 1. The van der Waals surface area contributed by atoms with Crippen LogP contribution in [0, 0.1) is 10.1 Å². The molecule has 0 aliphatic rings. The van der Waals surface area contributed by atoms with Gasteiger partial charge in [0.25, 0.3) is 5.69 Å². The highest BCUT2D eigenvalue weighted by atomic mass is 16.6. The Morgan fingerprint density at radius 2 is 2.00 bits per heavy atom. The van der Waals surface area contributed by atoms with Crippen LogP contribution < -0.4 is 5.32 Å². The van der Waals surface area contributed by atoms with Crippen LogP contribution in [0.25, 0.3) is 11.0 Å². The Morgan fingerprint density at radius 3 is 2.75 bits per heavy atom. The number of imidazole rings is 1. The van der Waals surface area contributed by atoms with Gasteiger partial charge in [-0.15, -0.1) is 0 Å². The minimum atomic E-state index is -0.419. The fourth-order valence-corrected chi connectivity index (χ4v) is 1.98. The minimum absolute atomic E-state index is 0.0516. The largest absolute Gasteiger partial charge is 0.352 e. The van der Waals surface area contributed by atoms with Crippen molar-refractivity contribution in [1.82, 2.24) is 9.97 Å². The zero-order valence-corrected chi connectivity index (χ0v) is 10.5. The van der Waals surface area contributed by atoms with Crippen molar-refractivity contribution in [2.24, 2.45) is 0 Å². The molecule has 3 aromatic rings. The number of rotatable bonds is 4. The first-order valence-electron chi connectivity index (χ1n) is 6.14. The maximum absolute atomic E-state index is 10.7. The van der Waals surface area contributed by atoms with Crippen LogP contribution in [0.1, 0.15) is 5.56 Å². The number of benzene rings is 2. The van der Waals surface area contributed by atoms with Crippen LogP contribution in [0.4, 0.5) is 11.6 Å². The number of fused-ring (bicyclic) bond motifs is 1. The van der Waals surface area contributed by atoms with Gasteiger partial charge in [-0.3, -0.25) is 10.1 Å². The molecular weight excluding hydrogens is 256 g/mol. The van der Waals surface area contributed by atoms with E-state index in [1.165, 1.54) is 12.1 Å². The lowest BCUT2D eigenvalue weighted by molar-refractivity contribution is -0.384. The Balaban J connectivity index is 1.80. The monoisotopic (exact) mass is 268 g/mol. The summed E-state index contributed by atoms with van der Waals surface area (Å²) >= 11 is 0. The van der Waals surface area contributed by atoms with Crippen LogP contribution in [-0.4, -0.2) is 14.9 Å². The van der Waals surface area contributed by atoms with Gasteiger partial charge in [0.2, 0.25) is 5.95 Å². The molecule has 1 aromatic heterocycles. The molecule has 0 fully saturated rings. The first kappa shape index (κ1) is 12.2. The van der Waals surface area contributed by atoms with E-state index in [1.54, 1.807) is 6.07 Å². The normalized spacial score (nSPS) is 10.6. The van der Waals surface area contributed by atoms with Crippen molar-refractivity contribution < 1.29 is 4.92 Å². The van der Waals surface area contributed by atoms with E-state index in [0.29, 0.717) is 23.5 Å². The van der Waals surface area contributed by atoms with E-state index in [1.807, 2.05) is 30.3 Å². The Bertz CT molecular complexity index is 752. The molecule has 100 valence electrons. The summed E-state index contributed by atoms with van der Waals surface area (Å²) in [5.74, 6) is 0.601. The van der Waals surface area contributed by atoms with Crippen molar-refractivity contribution in [1.29, 1.82) is 0 Å². The van der Waals surface area contributed by atoms with Crippen LogP contribution in [-0.2, 0) is 6.54 Å². The molecule has 0 saturated carbocycles. The molecule has 0 saturated heterocycles. The van der Waals surface area contributed by atoms with Gasteiger partial charge in [-0.1, -0.05) is 30.3 Å². The second-order valence-corrected chi connectivity index (χ2v) is 4.38. The molecule has 6 heteroatoms. The van der Waals surface area contributed by atoms with Gasteiger partial charge < -0.3 is 10.3 Å². The molecule has 3 rings (SSSR count). The Kier molecular flexibility index (Phi) is 3.04. The highest BCUT2D eigenvalue weighted by molar-refractivity contribution is 5.79. The fraction of sp³-hybridized carbons (Fsp3) is 0.0714. The van der Waals surface area contributed by atoms with E-state index in [0.717, 1.165) is 5.56 Å². The average molecular weight is 268 g/mol. The van der Waals surface area contributed by atoms with E-state index in [-0.39, 0.29) is 5.69 Å². The summed E-state index contributed by atoms with van der Waals surface area (Å²) in [6.45, 7) is 0.642. The Labute approximate surface area is 114 Å². The van der Waals surface area contributed by atoms with Crippen molar-refractivity contribution in [3.05, 3.63) is 64.2 Å². The summed E-state index contributed by atoms with van der Waals surface area (Å²) in [5.41, 5.74) is 2.54. The maximum atomic E-state index is 10.7. The molecule has 0 spiro atoms. The van der Waals surface area contributed by atoms with Gasteiger partial charge in [-0.2, -0.15) is 0 Å². The summed E-state index contributed by atoms with van der Waals surface area (Å²) < 4.78 is 0. The Morgan fingerprint density at radius 1 is 1.20 bits per heavy atom. The third-order valence-corrected chi connectivity index (χ3v) is 2.98. The third-order valence-electron chi connectivity index (χ3n) is 2.98. The summed E-state index contributed by atoms with van der Waals surface area (Å²) in [6.07, 6.45) is 0. The average Bonchev–Trinajstić information content (AvgIpc) is 2.88. The second kappa shape index (κ2) is 5.00. The molecule has 0 atom stereocenters. The molecule has 0 unspecified atom stereocenters. The molecule has 2 N–H and O–H groups in total. The van der Waals surface area contributed by atoms with Gasteiger partial charge in [0.1, 0.15) is 0 Å². The smallest absolute Gasteiger partial charge is 0.271 e. The number of H-pyrrole nitrogens is 1. The number of nitrogens with zero attached hydrogens (tertiary/aromatic N) is 2. The zero-order chi connectivity index (χ0) is 13.9. The van der Waals surface area contributed by atoms with Gasteiger partial charge in [-0.05, 0) is 11.6 Å². The number of aromatic amines is 1. The lowest BCUT2D eigenvalue weighted by Gasteiger charge is -2.01. The van der Waals surface area contributed by atoms with Gasteiger partial charge in [0.15, 0.2) is 0 Å². The number of aromatic nitrogens is 2. The van der Waals surface area contributed by atoms with E-state index < -0.39 is 4.92 Å². The summed E-state index contributed by atoms with van der Waals surface area (Å²) in [5, 5.41) is 13.9. The topological polar surface area (TPSA) is 83.8 Å². The van der Waals surface area contributed by atoms with Crippen LogP contribution in [0.5, 0.6) is 0 Å². The highest BCUT2D eigenvalue weighted by Crippen LogP contribution is 2.20. The number of nitro benzene ring substituents is 1. The molecule has 2 aromatic carbocycles. The summed E-state index contributed by atoms with van der Waals surface area (Å²) in [7, 11) is 0. The van der Waals surface area contributed by atoms with E-state index in [2.05, 4.69) is 15.3 Å². The van der Waals surface area contributed by atoms with Gasteiger partial charge in [-0.25, -0.2) is 4.98 Å². The van der Waals surface area contributed by atoms with E-state index >= 15 is 0 Å². The van der Waals surface area contributed by atoms with E-state index in [9.17, 15) is 10.1 Å². The molecule has 0 amide bonds. The molecule has 0 radical (unpaired) electrons. The van der Waals surface area contributed by atoms with Gasteiger partial charge >= 0.3 is 0 Å². The first-order chi connectivity index (χ1) is 9.72. The second-order valence-electron chi connectivity index (χ2n) is 4.38. The molecule has 0 aliphatic heterocycles. The standard InChI is InChI=1S/C14H12N4O2/c19-18(20)11-6-7-12-13(8-11)17-14(16-12)15-9-10-4-2-1-3-5-10/h1-8H,9H2,(H2,15,16,17). The molecule has 0 aliphatic carbocycles. The quantitative estimate of drug-likeness (QED) is 0.562. The van der Waals surface area contributed by atoms with Gasteiger partial charge in [0, 0.05) is 18.7 Å². The SMILES string of the molecule is O=[N+]([O-])c1ccc2nc(NCc3ccccc3)[nH]c2c1. The first-order valence-corrected chi connectivity index (χ1v) is 6.14. The van der Waals surface area contributed by atoms with Crippen molar-refractivity contribution in [2.45, 2.75) is 6.54 Å². The fourth-order valence-electron chi connectivity index (χ4n) is 1.98. The van der Waals surface area contributed by atoms with Crippen molar-refractivity contribution >= 4 is 22.7 Å². The van der Waals surface area contributed by atoms with Crippen LogP contribution in [0.3, 0.4) is 0 Å². The minimum Gasteiger partial charge on any atom is -0.352 e. The number of nitrogens with one attached hydrogen (secondary N) is 2. The van der Waals surface area contributed by atoms with Crippen molar-refractivity contribution in [3.63, 3.8) is 0 Å². The highest BCUT2D eigenvalue weighted by Gasteiger charge is 2.09. The maximum Gasteiger partial charge on any atom is 0.271 e.